The second-order valence-electron chi connectivity index (χ2n) is 1.77. The molecule has 0 radical (unpaired) electrons. The Morgan fingerprint density at radius 1 is 1.73 bits per heavy atom. The molecule has 0 bridgehead atoms. The summed E-state index contributed by atoms with van der Waals surface area (Å²) in [6.07, 6.45) is 0.329. The Balaban J connectivity index is 2.86. The van der Waals surface area contributed by atoms with Crippen molar-refractivity contribution in [2.75, 3.05) is 5.32 Å². The Morgan fingerprint density at radius 2 is 2.45 bits per heavy atom. The van der Waals surface area contributed by atoms with E-state index in [4.69, 9.17) is 16.7 Å². The van der Waals surface area contributed by atoms with Crippen LogP contribution in [0.15, 0.2) is 18.3 Å². The number of aromatic nitrogens is 1. The van der Waals surface area contributed by atoms with E-state index in [-0.39, 0.29) is 5.15 Å². The van der Waals surface area contributed by atoms with Crippen molar-refractivity contribution >= 4 is 23.4 Å². The highest BCUT2D eigenvalue weighted by Gasteiger charge is 2.01. The van der Waals surface area contributed by atoms with Gasteiger partial charge >= 0.3 is 6.09 Å². The monoisotopic (exact) mass is 172 g/mol. The summed E-state index contributed by atoms with van der Waals surface area (Å²) in [7, 11) is 0. The zero-order valence-corrected chi connectivity index (χ0v) is 6.17. The molecule has 1 amide bonds. The molecule has 0 unspecified atom stereocenters. The minimum absolute atomic E-state index is 0.148. The quantitative estimate of drug-likeness (QED) is 0.636. The summed E-state index contributed by atoms with van der Waals surface area (Å²) in [5.74, 6) is 0. The van der Waals surface area contributed by atoms with Crippen molar-refractivity contribution in [2.45, 2.75) is 0 Å². The lowest BCUT2D eigenvalue weighted by Gasteiger charge is -1.99. The first-order valence-electron chi connectivity index (χ1n) is 2.80. The highest BCUT2D eigenvalue weighted by molar-refractivity contribution is 6.32. The van der Waals surface area contributed by atoms with Crippen molar-refractivity contribution in [1.29, 1.82) is 0 Å². The topological polar surface area (TPSA) is 62.2 Å². The van der Waals surface area contributed by atoms with Crippen molar-refractivity contribution < 1.29 is 9.90 Å². The van der Waals surface area contributed by atoms with Crippen molar-refractivity contribution in [1.82, 2.24) is 4.98 Å². The van der Waals surface area contributed by atoms with E-state index in [2.05, 4.69) is 10.3 Å². The number of amides is 1. The standard InChI is InChI=1S/C6H5ClN2O2/c7-5-4(9-6(10)11)2-1-3-8-5/h1-3,9H,(H,10,11). The second-order valence-corrected chi connectivity index (χ2v) is 2.13. The van der Waals surface area contributed by atoms with E-state index in [0.29, 0.717) is 5.69 Å². The zero-order valence-electron chi connectivity index (χ0n) is 5.41. The van der Waals surface area contributed by atoms with Crippen LogP contribution in [0, 0.1) is 0 Å². The largest absolute Gasteiger partial charge is 0.465 e. The number of hydrogen-bond acceptors (Lipinski definition) is 2. The van der Waals surface area contributed by atoms with Crippen molar-refractivity contribution in [3.63, 3.8) is 0 Å². The molecule has 0 fully saturated rings. The number of carbonyl (C=O) groups is 1. The summed E-state index contributed by atoms with van der Waals surface area (Å²) in [4.78, 5) is 13.8. The van der Waals surface area contributed by atoms with Crippen LogP contribution in [0.3, 0.4) is 0 Å². The normalized spacial score (nSPS) is 9.18. The molecule has 5 heteroatoms. The highest BCUT2D eigenvalue weighted by atomic mass is 35.5. The fourth-order valence-electron chi connectivity index (χ4n) is 0.594. The van der Waals surface area contributed by atoms with Crippen molar-refractivity contribution in [3.05, 3.63) is 23.5 Å². The minimum Gasteiger partial charge on any atom is -0.465 e. The first kappa shape index (κ1) is 7.81. The average molecular weight is 173 g/mol. The minimum atomic E-state index is -1.15. The summed E-state index contributed by atoms with van der Waals surface area (Å²) in [5.41, 5.74) is 0.293. The van der Waals surface area contributed by atoms with Crippen LogP contribution in [0.5, 0.6) is 0 Å². The second kappa shape index (κ2) is 3.21. The van der Waals surface area contributed by atoms with E-state index in [0.717, 1.165) is 0 Å². The predicted molar refractivity (Wildman–Crippen MR) is 40.9 cm³/mol. The van der Waals surface area contributed by atoms with Gasteiger partial charge in [-0.1, -0.05) is 11.6 Å². The third-order valence-corrected chi connectivity index (χ3v) is 1.30. The van der Waals surface area contributed by atoms with Gasteiger partial charge in [-0.15, -0.1) is 0 Å². The van der Waals surface area contributed by atoms with Crippen LogP contribution in [0.1, 0.15) is 0 Å². The maximum absolute atomic E-state index is 10.1. The smallest absolute Gasteiger partial charge is 0.409 e. The van der Waals surface area contributed by atoms with Gasteiger partial charge in [0.05, 0.1) is 5.69 Å². The molecule has 0 aliphatic carbocycles. The van der Waals surface area contributed by atoms with E-state index in [9.17, 15) is 4.79 Å². The van der Waals surface area contributed by atoms with Crippen LogP contribution >= 0.6 is 11.6 Å². The Morgan fingerprint density at radius 3 is 3.00 bits per heavy atom. The Bertz CT molecular complexity index is 277. The molecule has 4 nitrogen and oxygen atoms in total. The number of pyridine rings is 1. The number of rotatable bonds is 1. The van der Waals surface area contributed by atoms with Gasteiger partial charge in [-0.2, -0.15) is 0 Å². The van der Waals surface area contributed by atoms with Crippen LogP contribution in [0.2, 0.25) is 5.15 Å². The molecule has 1 aromatic heterocycles. The van der Waals surface area contributed by atoms with Gasteiger partial charge in [0.2, 0.25) is 0 Å². The lowest BCUT2D eigenvalue weighted by atomic mass is 10.4. The number of hydrogen-bond donors (Lipinski definition) is 2. The van der Waals surface area contributed by atoms with Gasteiger partial charge in [-0.3, -0.25) is 5.32 Å². The number of nitrogens with one attached hydrogen (secondary N) is 1. The molecule has 0 spiro atoms. The van der Waals surface area contributed by atoms with Gasteiger partial charge in [-0.25, -0.2) is 9.78 Å². The molecule has 1 rings (SSSR count). The van der Waals surface area contributed by atoms with Gasteiger partial charge in [0.15, 0.2) is 5.15 Å². The van der Waals surface area contributed by atoms with Gasteiger partial charge in [0.25, 0.3) is 0 Å². The number of carboxylic acid groups (broad SMARTS) is 1. The van der Waals surface area contributed by atoms with Crippen LogP contribution in [-0.4, -0.2) is 16.2 Å². The van der Waals surface area contributed by atoms with Gasteiger partial charge in [-0.05, 0) is 12.1 Å². The molecule has 0 aliphatic rings. The Hall–Kier alpha value is -1.29. The maximum atomic E-state index is 10.1. The summed E-state index contributed by atoms with van der Waals surface area (Å²) < 4.78 is 0. The van der Waals surface area contributed by atoms with Crippen LogP contribution in [0.25, 0.3) is 0 Å². The molecule has 2 N–H and O–H groups in total. The summed E-state index contributed by atoms with van der Waals surface area (Å²) >= 11 is 5.53. The fourth-order valence-corrected chi connectivity index (χ4v) is 0.761. The van der Waals surface area contributed by atoms with Crippen LogP contribution in [-0.2, 0) is 0 Å². The number of halogens is 1. The number of nitrogens with zero attached hydrogens (tertiary/aromatic N) is 1. The van der Waals surface area contributed by atoms with Gasteiger partial charge in [0, 0.05) is 6.20 Å². The lowest BCUT2D eigenvalue weighted by molar-refractivity contribution is 0.209. The van der Waals surface area contributed by atoms with E-state index in [1.54, 1.807) is 6.07 Å². The lowest BCUT2D eigenvalue weighted by Crippen LogP contribution is -2.07. The molecule has 0 aliphatic heterocycles. The van der Waals surface area contributed by atoms with E-state index >= 15 is 0 Å². The first-order valence-corrected chi connectivity index (χ1v) is 3.18. The summed E-state index contributed by atoms with van der Waals surface area (Å²) in [6.45, 7) is 0. The molecule has 58 valence electrons. The van der Waals surface area contributed by atoms with Gasteiger partial charge < -0.3 is 5.11 Å². The van der Waals surface area contributed by atoms with Crippen molar-refractivity contribution in [3.8, 4) is 0 Å². The molecular weight excluding hydrogens is 168 g/mol. The predicted octanol–water partition coefficient (Wildman–Crippen LogP) is 1.82. The SMILES string of the molecule is O=C(O)Nc1cccnc1Cl. The zero-order chi connectivity index (χ0) is 8.27. The third kappa shape index (κ3) is 2.09. The van der Waals surface area contributed by atoms with E-state index < -0.39 is 6.09 Å². The average Bonchev–Trinajstić information content (AvgIpc) is 1.93. The molecule has 0 saturated heterocycles. The van der Waals surface area contributed by atoms with Gasteiger partial charge in [0.1, 0.15) is 0 Å². The number of anilines is 1. The molecule has 1 aromatic rings. The molecule has 0 aromatic carbocycles. The highest BCUT2D eigenvalue weighted by Crippen LogP contribution is 2.16. The Kier molecular flexibility index (Phi) is 2.28. The van der Waals surface area contributed by atoms with Crippen LogP contribution < -0.4 is 5.32 Å². The molecule has 0 saturated carbocycles. The molecular formula is C6H5ClN2O2. The Labute approximate surface area is 67.8 Å². The van der Waals surface area contributed by atoms with Crippen LogP contribution in [0.4, 0.5) is 10.5 Å². The molecule has 0 atom stereocenters. The van der Waals surface area contributed by atoms with Crippen molar-refractivity contribution in [2.24, 2.45) is 0 Å². The van der Waals surface area contributed by atoms with E-state index in [1.165, 1.54) is 12.3 Å². The molecule has 11 heavy (non-hydrogen) atoms. The summed E-state index contributed by atoms with van der Waals surface area (Å²) in [6, 6.07) is 3.13. The first-order chi connectivity index (χ1) is 5.20. The maximum Gasteiger partial charge on any atom is 0.409 e. The third-order valence-electron chi connectivity index (χ3n) is 1.00. The fraction of sp³-hybridized carbons (Fsp3) is 0. The van der Waals surface area contributed by atoms with E-state index in [1.807, 2.05) is 0 Å². The molecule has 1 heterocycles. The summed E-state index contributed by atoms with van der Waals surface area (Å²) in [5, 5.41) is 10.5.